The molecule has 0 bridgehead atoms. The maximum Gasteiger partial charge on any atom is 0.255 e. The third-order valence-corrected chi connectivity index (χ3v) is 6.79. The van der Waals surface area contributed by atoms with Crippen LogP contribution in [0.3, 0.4) is 0 Å². The van der Waals surface area contributed by atoms with Crippen molar-refractivity contribution in [3.63, 3.8) is 0 Å². The molecule has 6 nitrogen and oxygen atoms in total. The highest BCUT2D eigenvalue weighted by molar-refractivity contribution is 5.97. The van der Waals surface area contributed by atoms with Crippen LogP contribution in [0.2, 0.25) is 0 Å². The number of hydrogen-bond acceptors (Lipinski definition) is 4. The molecule has 1 saturated heterocycles. The van der Waals surface area contributed by atoms with Gasteiger partial charge in [-0.05, 0) is 55.0 Å². The first-order valence-electron chi connectivity index (χ1n) is 11.6. The molecular formula is C26H30N2O4. The fourth-order valence-electron chi connectivity index (χ4n) is 4.80. The van der Waals surface area contributed by atoms with Crippen molar-refractivity contribution in [3.8, 4) is 11.5 Å². The fourth-order valence-corrected chi connectivity index (χ4v) is 4.80. The number of nitrogens with zero attached hydrogens (tertiary/aromatic N) is 1. The largest absolute Gasteiger partial charge is 0.497 e. The molecule has 1 aliphatic heterocycles. The Bertz CT molecular complexity index is 984. The van der Waals surface area contributed by atoms with Crippen LogP contribution >= 0.6 is 0 Å². The average Bonchev–Trinajstić information content (AvgIpc) is 3.59. The maximum absolute atomic E-state index is 13.2. The van der Waals surface area contributed by atoms with Gasteiger partial charge in [-0.15, -0.1) is 0 Å². The standard InChI is InChI=1S/C26H30N2O4/c1-31-22-8-9-24(32-21-10-12-28(13-11-21)26(30)17-6-7-17)23(16-22)25(29)27-20-14-18-4-2-3-5-19(18)15-20/h2-5,8-9,16-17,20-21H,6-7,10-15H2,1H3,(H,27,29). The molecule has 168 valence electrons. The van der Waals surface area contributed by atoms with Gasteiger partial charge in [0.1, 0.15) is 17.6 Å². The average molecular weight is 435 g/mol. The topological polar surface area (TPSA) is 67.9 Å². The summed E-state index contributed by atoms with van der Waals surface area (Å²) in [6.45, 7) is 1.44. The molecule has 2 aromatic carbocycles. The number of piperidine rings is 1. The molecular weight excluding hydrogens is 404 g/mol. The van der Waals surface area contributed by atoms with Crippen molar-refractivity contribution in [1.29, 1.82) is 0 Å². The van der Waals surface area contributed by atoms with Crippen molar-refractivity contribution in [2.75, 3.05) is 20.2 Å². The molecule has 2 aromatic rings. The summed E-state index contributed by atoms with van der Waals surface area (Å²) in [4.78, 5) is 27.5. The van der Waals surface area contributed by atoms with Crippen LogP contribution in [-0.2, 0) is 17.6 Å². The predicted octanol–water partition coefficient (Wildman–Crippen LogP) is 3.37. The third-order valence-electron chi connectivity index (χ3n) is 6.79. The highest BCUT2D eigenvalue weighted by Gasteiger charge is 2.35. The maximum atomic E-state index is 13.2. The fraction of sp³-hybridized carbons (Fsp3) is 0.462. The number of carbonyl (C=O) groups excluding carboxylic acids is 2. The zero-order valence-electron chi connectivity index (χ0n) is 18.5. The van der Waals surface area contributed by atoms with Gasteiger partial charge in [-0.2, -0.15) is 0 Å². The van der Waals surface area contributed by atoms with Gasteiger partial charge in [0.2, 0.25) is 5.91 Å². The lowest BCUT2D eigenvalue weighted by Gasteiger charge is -2.32. The van der Waals surface area contributed by atoms with Crippen LogP contribution in [0.5, 0.6) is 11.5 Å². The molecule has 2 amide bonds. The number of amides is 2. The van der Waals surface area contributed by atoms with E-state index in [1.807, 2.05) is 29.2 Å². The number of nitrogens with one attached hydrogen (secondary N) is 1. The Hall–Kier alpha value is -3.02. The van der Waals surface area contributed by atoms with Crippen molar-refractivity contribution < 1.29 is 19.1 Å². The molecule has 0 radical (unpaired) electrons. The van der Waals surface area contributed by atoms with Crippen LogP contribution in [0.4, 0.5) is 0 Å². The number of benzene rings is 2. The van der Waals surface area contributed by atoms with E-state index in [4.69, 9.17) is 9.47 Å². The Labute approximate surface area is 188 Å². The second-order valence-electron chi connectivity index (χ2n) is 9.13. The number of methoxy groups -OCH3 is 1. The minimum absolute atomic E-state index is 0.00562. The van der Waals surface area contributed by atoms with Gasteiger partial charge >= 0.3 is 0 Å². The van der Waals surface area contributed by atoms with Crippen LogP contribution in [-0.4, -0.2) is 49.1 Å². The Morgan fingerprint density at radius 3 is 2.28 bits per heavy atom. The quantitative estimate of drug-likeness (QED) is 0.757. The van der Waals surface area contributed by atoms with Crippen LogP contribution in [0.1, 0.15) is 47.2 Å². The van der Waals surface area contributed by atoms with Gasteiger partial charge in [0.05, 0.1) is 12.7 Å². The summed E-state index contributed by atoms with van der Waals surface area (Å²) in [6.07, 6.45) is 5.31. The summed E-state index contributed by atoms with van der Waals surface area (Å²) in [5, 5.41) is 3.19. The molecule has 32 heavy (non-hydrogen) atoms. The van der Waals surface area contributed by atoms with Gasteiger partial charge in [0, 0.05) is 37.9 Å². The van der Waals surface area contributed by atoms with Crippen LogP contribution in [0.15, 0.2) is 42.5 Å². The summed E-state index contributed by atoms with van der Waals surface area (Å²) in [5.74, 6) is 1.61. The van der Waals surface area contributed by atoms with Gasteiger partial charge in [0.25, 0.3) is 5.91 Å². The van der Waals surface area contributed by atoms with Crippen molar-refractivity contribution in [2.24, 2.45) is 5.92 Å². The summed E-state index contributed by atoms with van der Waals surface area (Å²) >= 11 is 0. The van der Waals surface area contributed by atoms with E-state index in [0.29, 0.717) is 23.0 Å². The molecule has 1 heterocycles. The number of fused-ring (bicyclic) bond motifs is 1. The van der Waals surface area contributed by atoms with Gasteiger partial charge in [-0.25, -0.2) is 0 Å². The molecule has 0 unspecified atom stereocenters. The lowest BCUT2D eigenvalue weighted by atomic mass is 10.1. The second-order valence-corrected chi connectivity index (χ2v) is 9.13. The monoisotopic (exact) mass is 434 g/mol. The van der Waals surface area contributed by atoms with E-state index in [0.717, 1.165) is 51.6 Å². The number of carbonyl (C=O) groups is 2. The highest BCUT2D eigenvalue weighted by atomic mass is 16.5. The summed E-state index contributed by atoms with van der Waals surface area (Å²) in [5.41, 5.74) is 3.09. The molecule has 0 aromatic heterocycles. The van der Waals surface area contributed by atoms with Crippen LogP contribution < -0.4 is 14.8 Å². The Kier molecular flexibility index (Phi) is 5.77. The van der Waals surface area contributed by atoms with Crippen molar-refractivity contribution in [1.82, 2.24) is 10.2 Å². The van der Waals surface area contributed by atoms with E-state index in [-0.39, 0.29) is 24.0 Å². The van der Waals surface area contributed by atoms with Crippen molar-refractivity contribution >= 4 is 11.8 Å². The number of ether oxygens (including phenoxy) is 2. The number of rotatable bonds is 6. The minimum atomic E-state index is -0.141. The lowest BCUT2D eigenvalue weighted by Crippen LogP contribution is -2.42. The Morgan fingerprint density at radius 1 is 0.969 bits per heavy atom. The molecule has 0 atom stereocenters. The normalized spacial score (nSPS) is 18.8. The van der Waals surface area contributed by atoms with Crippen LogP contribution in [0.25, 0.3) is 0 Å². The molecule has 1 N–H and O–H groups in total. The Morgan fingerprint density at radius 2 is 1.66 bits per heavy atom. The van der Waals surface area contributed by atoms with Gasteiger partial charge in [0.15, 0.2) is 0 Å². The minimum Gasteiger partial charge on any atom is -0.497 e. The van der Waals surface area contributed by atoms with E-state index in [2.05, 4.69) is 17.4 Å². The highest BCUT2D eigenvalue weighted by Crippen LogP contribution is 2.33. The predicted molar refractivity (Wildman–Crippen MR) is 121 cm³/mol. The SMILES string of the molecule is COc1ccc(OC2CCN(C(=O)C3CC3)CC2)c(C(=O)NC2Cc3ccccc3C2)c1. The number of hydrogen-bond donors (Lipinski definition) is 1. The number of likely N-dealkylation sites (tertiary alicyclic amines) is 1. The van der Waals surface area contributed by atoms with Crippen molar-refractivity contribution in [3.05, 3.63) is 59.2 Å². The smallest absolute Gasteiger partial charge is 0.255 e. The van der Waals surface area contributed by atoms with Crippen molar-refractivity contribution in [2.45, 2.75) is 50.7 Å². The molecule has 2 fully saturated rings. The second kappa shape index (κ2) is 8.85. The van der Waals surface area contributed by atoms with E-state index in [1.165, 1.54) is 11.1 Å². The zero-order valence-corrected chi connectivity index (χ0v) is 18.5. The first-order chi connectivity index (χ1) is 15.6. The summed E-state index contributed by atoms with van der Waals surface area (Å²) in [6, 6.07) is 13.8. The van der Waals surface area contributed by atoms with Gasteiger partial charge < -0.3 is 19.7 Å². The van der Waals surface area contributed by atoms with E-state index >= 15 is 0 Å². The summed E-state index contributed by atoms with van der Waals surface area (Å²) < 4.78 is 11.6. The molecule has 5 rings (SSSR count). The van der Waals surface area contributed by atoms with E-state index in [9.17, 15) is 9.59 Å². The zero-order chi connectivity index (χ0) is 22.1. The van der Waals surface area contributed by atoms with Gasteiger partial charge in [-0.3, -0.25) is 9.59 Å². The molecule has 2 aliphatic carbocycles. The summed E-state index contributed by atoms with van der Waals surface area (Å²) in [7, 11) is 1.59. The van der Waals surface area contributed by atoms with E-state index < -0.39 is 0 Å². The first kappa shape index (κ1) is 20.9. The first-order valence-corrected chi connectivity index (χ1v) is 11.6. The molecule has 3 aliphatic rings. The van der Waals surface area contributed by atoms with Crippen LogP contribution in [0, 0.1) is 5.92 Å². The third kappa shape index (κ3) is 4.45. The Balaban J connectivity index is 1.24. The lowest BCUT2D eigenvalue weighted by molar-refractivity contribution is -0.134. The molecule has 6 heteroatoms. The molecule has 0 spiro atoms. The van der Waals surface area contributed by atoms with Gasteiger partial charge in [-0.1, -0.05) is 24.3 Å². The molecule has 1 saturated carbocycles. The van der Waals surface area contributed by atoms with E-state index in [1.54, 1.807) is 13.2 Å².